The van der Waals surface area contributed by atoms with Crippen LogP contribution in [0.5, 0.6) is 17.5 Å². The Morgan fingerprint density at radius 1 is 0.829 bits per heavy atom. The molecule has 174 valence electrons. The molecule has 0 spiro atoms. The molecule has 10 nitrogen and oxygen atoms in total. The first-order chi connectivity index (χ1) is 16.7. The van der Waals surface area contributed by atoms with Crippen LogP contribution in [-0.2, 0) is 0 Å². The first-order valence-corrected chi connectivity index (χ1v) is 10.1. The van der Waals surface area contributed by atoms with Crippen LogP contribution < -0.4 is 10.3 Å². The molecule has 0 bridgehead atoms. The van der Waals surface area contributed by atoms with Crippen LogP contribution in [0.25, 0.3) is 33.4 Å². The molecule has 4 N–H and O–H groups in total. The van der Waals surface area contributed by atoms with Crippen molar-refractivity contribution in [2.24, 2.45) is 0 Å². The predicted octanol–water partition coefficient (Wildman–Crippen LogP) is 3.45. The number of phenolic OH excluding ortho intramolecular Hbond substituents is 1. The van der Waals surface area contributed by atoms with Crippen molar-refractivity contribution in [2.45, 2.75) is 0 Å². The molecule has 10 heteroatoms. The zero-order chi connectivity index (χ0) is 24.9. The molecule has 0 unspecified atom stereocenters. The zero-order valence-corrected chi connectivity index (χ0v) is 17.6. The summed E-state index contributed by atoms with van der Waals surface area (Å²) in [6.45, 7) is 0. The normalized spacial score (nSPS) is 11.1. The molecular weight excluding hydrogens is 458 g/mol. The van der Waals surface area contributed by atoms with Gasteiger partial charge in [-0.2, -0.15) is 0 Å². The van der Waals surface area contributed by atoms with Crippen LogP contribution >= 0.6 is 0 Å². The summed E-state index contributed by atoms with van der Waals surface area (Å²) >= 11 is 0. The Kier molecular flexibility index (Phi) is 4.91. The van der Waals surface area contributed by atoms with E-state index in [0.717, 1.165) is 18.2 Å². The molecule has 0 saturated heterocycles. The van der Waals surface area contributed by atoms with Gasteiger partial charge in [0.05, 0.1) is 11.1 Å². The van der Waals surface area contributed by atoms with Crippen LogP contribution in [0.3, 0.4) is 0 Å². The van der Waals surface area contributed by atoms with E-state index < -0.39 is 23.7 Å². The fourth-order valence-corrected chi connectivity index (χ4v) is 3.85. The number of rotatable bonds is 4. The fraction of sp³-hybridized carbons (Fsp3) is 0. The Hall–Kier alpha value is -5.25. The van der Waals surface area contributed by atoms with Crippen molar-refractivity contribution < 1.29 is 39.3 Å². The van der Waals surface area contributed by atoms with E-state index in [1.165, 1.54) is 42.5 Å². The van der Waals surface area contributed by atoms with Gasteiger partial charge in [-0.25, -0.2) is 9.59 Å². The van der Waals surface area contributed by atoms with Crippen molar-refractivity contribution >= 4 is 22.9 Å². The van der Waals surface area contributed by atoms with Gasteiger partial charge in [0, 0.05) is 40.8 Å². The highest BCUT2D eigenvalue weighted by atomic mass is 16.7. The Morgan fingerprint density at radius 2 is 1.54 bits per heavy atom. The molecule has 0 radical (unpaired) electrons. The number of aromatic nitrogens is 1. The summed E-state index contributed by atoms with van der Waals surface area (Å²) < 4.78 is 6.27. The average Bonchev–Trinajstić information content (AvgIpc) is 3.14. The molecule has 0 saturated carbocycles. The van der Waals surface area contributed by atoms with Crippen molar-refractivity contribution in [2.75, 3.05) is 0 Å². The molecule has 35 heavy (non-hydrogen) atoms. The SMILES string of the molecule is O=C(On1c(O)ccc1O)c1ccc(-c2c3ccc(=O)cc-3oc3cc(O)ccc23)c(C(=O)O)c1. The predicted molar refractivity (Wildman–Crippen MR) is 122 cm³/mol. The molecule has 0 amide bonds. The Labute approximate surface area is 195 Å². The summed E-state index contributed by atoms with van der Waals surface area (Å²) in [7, 11) is 0. The van der Waals surface area contributed by atoms with Gasteiger partial charge in [-0.05, 0) is 42.0 Å². The number of fused-ring (bicyclic) bond motifs is 2. The van der Waals surface area contributed by atoms with E-state index >= 15 is 0 Å². The van der Waals surface area contributed by atoms with Crippen LogP contribution in [0.1, 0.15) is 20.7 Å². The van der Waals surface area contributed by atoms with Gasteiger partial charge in [-0.3, -0.25) is 4.79 Å². The zero-order valence-electron chi connectivity index (χ0n) is 17.6. The Bertz CT molecular complexity index is 1660. The average molecular weight is 473 g/mol. The number of hydrogen-bond acceptors (Lipinski definition) is 8. The minimum atomic E-state index is -1.34. The highest BCUT2D eigenvalue weighted by Crippen LogP contribution is 2.42. The minimum Gasteiger partial charge on any atom is -0.508 e. The molecule has 2 aromatic carbocycles. The molecule has 5 rings (SSSR count). The third kappa shape index (κ3) is 3.68. The van der Waals surface area contributed by atoms with Crippen molar-refractivity contribution in [3.8, 4) is 40.0 Å². The number of hydrogen-bond donors (Lipinski definition) is 4. The highest BCUT2D eigenvalue weighted by Gasteiger charge is 2.24. The second-order valence-electron chi connectivity index (χ2n) is 7.60. The summed E-state index contributed by atoms with van der Waals surface area (Å²) in [5, 5.41) is 39.7. The lowest BCUT2D eigenvalue weighted by molar-refractivity contribution is 0.0381. The molecule has 3 aromatic rings. The minimum absolute atomic E-state index is 0.0853. The van der Waals surface area contributed by atoms with Crippen LogP contribution in [0, 0.1) is 0 Å². The van der Waals surface area contributed by atoms with Gasteiger partial charge in [0.2, 0.25) is 11.8 Å². The van der Waals surface area contributed by atoms with Gasteiger partial charge in [0.25, 0.3) is 0 Å². The largest absolute Gasteiger partial charge is 0.508 e. The van der Waals surface area contributed by atoms with E-state index in [1.54, 1.807) is 6.07 Å². The maximum atomic E-state index is 12.6. The van der Waals surface area contributed by atoms with Crippen molar-refractivity contribution in [3.63, 3.8) is 0 Å². The number of carbonyl (C=O) groups excluding carboxylic acids is 1. The molecule has 1 aliphatic carbocycles. The molecule has 2 heterocycles. The number of phenols is 1. The molecule has 0 atom stereocenters. The Balaban J connectivity index is 1.71. The van der Waals surface area contributed by atoms with Crippen molar-refractivity contribution in [1.82, 2.24) is 4.73 Å². The summed E-state index contributed by atoms with van der Waals surface area (Å²) in [4.78, 5) is 41.7. The number of nitrogens with zero attached hydrogens (tertiary/aromatic N) is 1. The number of carbonyl (C=O) groups is 2. The van der Waals surface area contributed by atoms with E-state index in [-0.39, 0.29) is 39.2 Å². The van der Waals surface area contributed by atoms with Crippen LogP contribution in [0.2, 0.25) is 0 Å². The number of aromatic hydroxyl groups is 3. The molecule has 2 aliphatic rings. The van der Waals surface area contributed by atoms with Gasteiger partial charge >= 0.3 is 11.9 Å². The first kappa shape index (κ1) is 21.6. The maximum absolute atomic E-state index is 12.6. The smallest absolute Gasteiger partial charge is 0.363 e. The second kappa shape index (κ2) is 7.96. The maximum Gasteiger partial charge on any atom is 0.363 e. The Morgan fingerprint density at radius 3 is 2.26 bits per heavy atom. The monoisotopic (exact) mass is 473 g/mol. The topological polar surface area (TPSA) is 159 Å². The van der Waals surface area contributed by atoms with E-state index in [0.29, 0.717) is 21.2 Å². The van der Waals surface area contributed by atoms with E-state index in [9.17, 15) is 34.8 Å². The second-order valence-corrected chi connectivity index (χ2v) is 7.60. The van der Waals surface area contributed by atoms with E-state index in [2.05, 4.69) is 0 Å². The quantitative estimate of drug-likeness (QED) is 0.287. The van der Waals surface area contributed by atoms with Crippen LogP contribution in [0.4, 0.5) is 0 Å². The standard InChI is InChI=1S/C25H15NO9/c27-13-2-5-16-19(10-13)34-20-11-14(28)3-6-17(20)23(16)15-4-1-12(9-18(15)24(31)32)25(33)35-26-21(29)7-8-22(26)30/h1-11,27,29-30H,(H,31,32). The number of aromatic carboxylic acids is 1. The summed E-state index contributed by atoms with van der Waals surface area (Å²) in [5.74, 6) is -3.33. The number of benzene rings is 3. The van der Waals surface area contributed by atoms with Crippen molar-refractivity contribution in [3.05, 3.63) is 88.1 Å². The van der Waals surface area contributed by atoms with Gasteiger partial charge < -0.3 is 29.7 Å². The van der Waals surface area contributed by atoms with Crippen molar-refractivity contribution in [1.29, 1.82) is 0 Å². The summed E-state index contributed by atoms with van der Waals surface area (Å²) in [5.41, 5.74) is 0.565. The summed E-state index contributed by atoms with van der Waals surface area (Å²) in [6, 6.07) is 14.4. The lowest BCUT2D eigenvalue weighted by Crippen LogP contribution is -2.19. The molecule has 1 aromatic heterocycles. The van der Waals surface area contributed by atoms with Crippen LogP contribution in [-0.4, -0.2) is 37.1 Å². The number of carboxylic acids is 1. The highest BCUT2D eigenvalue weighted by molar-refractivity contribution is 6.08. The number of carboxylic acid groups (broad SMARTS) is 1. The van der Waals surface area contributed by atoms with Crippen LogP contribution in [0.15, 0.2) is 75.9 Å². The molecular formula is C25H15NO9. The van der Waals surface area contributed by atoms with Gasteiger partial charge in [-0.1, -0.05) is 6.07 Å². The molecule has 0 fully saturated rings. The first-order valence-electron chi connectivity index (χ1n) is 10.1. The van der Waals surface area contributed by atoms with Gasteiger partial charge in [0.15, 0.2) is 5.43 Å². The summed E-state index contributed by atoms with van der Waals surface area (Å²) in [6.07, 6.45) is 0. The van der Waals surface area contributed by atoms with Gasteiger partial charge in [-0.15, -0.1) is 4.73 Å². The fourth-order valence-electron chi connectivity index (χ4n) is 3.85. The third-order valence-electron chi connectivity index (χ3n) is 5.40. The lowest BCUT2D eigenvalue weighted by atomic mass is 9.90. The third-order valence-corrected chi connectivity index (χ3v) is 5.40. The molecule has 1 aliphatic heterocycles. The van der Waals surface area contributed by atoms with E-state index in [4.69, 9.17) is 9.25 Å². The van der Waals surface area contributed by atoms with Gasteiger partial charge in [0.1, 0.15) is 17.1 Å². The lowest BCUT2D eigenvalue weighted by Gasteiger charge is -2.17. The van der Waals surface area contributed by atoms with E-state index in [1.807, 2.05) is 0 Å².